The van der Waals surface area contributed by atoms with Crippen LogP contribution in [0.25, 0.3) is 20.8 Å². The number of hydrogen-bond acceptors (Lipinski definition) is 5. The third kappa shape index (κ3) is 2.76. The Kier molecular flexibility index (Phi) is 3.85. The minimum absolute atomic E-state index is 0.0537. The van der Waals surface area contributed by atoms with Crippen molar-refractivity contribution in [2.24, 2.45) is 0 Å². The zero-order valence-corrected chi connectivity index (χ0v) is 14.8. The summed E-state index contributed by atoms with van der Waals surface area (Å²) < 4.78 is 1.10. The molecule has 0 spiro atoms. The number of carbonyl (C=O) groups is 1. The lowest BCUT2D eigenvalue weighted by molar-refractivity contribution is -0.114. The number of halogens is 1. The number of benzene rings is 1. The average Bonchev–Trinajstić information content (AvgIpc) is 3.05. The Morgan fingerprint density at radius 1 is 1.39 bits per heavy atom. The van der Waals surface area contributed by atoms with Crippen LogP contribution in [0.4, 0.5) is 5.00 Å². The molecule has 0 unspecified atom stereocenters. The quantitative estimate of drug-likeness (QED) is 0.714. The molecule has 3 aromatic rings. The third-order valence-electron chi connectivity index (χ3n) is 3.78. The molecule has 0 saturated heterocycles. The summed E-state index contributed by atoms with van der Waals surface area (Å²) in [6.45, 7) is 3.34. The lowest BCUT2D eigenvalue weighted by Gasteiger charge is -2.13. The number of fused-ring (bicyclic) bond motifs is 2. The Hall–Kier alpha value is -1.47. The molecule has 118 valence electrons. The van der Waals surface area contributed by atoms with E-state index in [0.717, 1.165) is 45.3 Å². The van der Waals surface area contributed by atoms with Crippen LogP contribution in [0.15, 0.2) is 18.2 Å². The topological polar surface area (TPSA) is 54.0 Å². The second-order valence-electron chi connectivity index (χ2n) is 5.45. The van der Waals surface area contributed by atoms with Gasteiger partial charge in [0, 0.05) is 28.9 Å². The van der Waals surface area contributed by atoms with Crippen molar-refractivity contribution >= 4 is 55.4 Å². The molecule has 23 heavy (non-hydrogen) atoms. The molecular formula is C16H14ClN3OS2. The van der Waals surface area contributed by atoms with E-state index in [1.54, 1.807) is 29.6 Å². The third-order valence-corrected chi connectivity index (χ3v) is 6.22. The molecule has 3 heterocycles. The molecule has 1 aliphatic rings. The van der Waals surface area contributed by atoms with Gasteiger partial charge in [-0.05, 0) is 36.7 Å². The minimum atomic E-state index is -0.0537. The number of hydrogen-bond donors (Lipinski definition) is 2. The zero-order chi connectivity index (χ0) is 16.0. The molecule has 0 aliphatic carbocycles. The van der Waals surface area contributed by atoms with Gasteiger partial charge in [-0.15, -0.1) is 22.7 Å². The maximum Gasteiger partial charge on any atom is 0.221 e. The van der Waals surface area contributed by atoms with Crippen molar-refractivity contribution in [1.82, 2.24) is 10.3 Å². The van der Waals surface area contributed by atoms with Gasteiger partial charge < -0.3 is 10.6 Å². The first kappa shape index (κ1) is 15.1. The highest BCUT2D eigenvalue weighted by molar-refractivity contribution is 7.23. The van der Waals surface area contributed by atoms with E-state index in [2.05, 4.69) is 10.6 Å². The Labute approximate surface area is 146 Å². The van der Waals surface area contributed by atoms with Crippen molar-refractivity contribution in [3.8, 4) is 10.6 Å². The van der Waals surface area contributed by atoms with E-state index in [0.29, 0.717) is 5.02 Å². The van der Waals surface area contributed by atoms with Gasteiger partial charge in [0.2, 0.25) is 5.91 Å². The van der Waals surface area contributed by atoms with Crippen molar-refractivity contribution in [1.29, 1.82) is 0 Å². The second kappa shape index (κ2) is 5.87. The Balaban J connectivity index is 1.90. The monoisotopic (exact) mass is 363 g/mol. The molecule has 4 nitrogen and oxygen atoms in total. The molecule has 1 aliphatic heterocycles. The lowest BCUT2D eigenvalue weighted by atomic mass is 10.0. The minimum Gasteiger partial charge on any atom is -0.317 e. The average molecular weight is 364 g/mol. The number of nitrogens with one attached hydrogen (secondary N) is 2. The van der Waals surface area contributed by atoms with Gasteiger partial charge in [-0.3, -0.25) is 4.79 Å². The van der Waals surface area contributed by atoms with Crippen molar-refractivity contribution in [3.63, 3.8) is 0 Å². The smallest absolute Gasteiger partial charge is 0.221 e. The van der Waals surface area contributed by atoms with Gasteiger partial charge in [-0.2, -0.15) is 0 Å². The van der Waals surface area contributed by atoms with E-state index in [9.17, 15) is 4.79 Å². The Morgan fingerprint density at radius 2 is 2.26 bits per heavy atom. The van der Waals surface area contributed by atoms with Gasteiger partial charge in [-0.25, -0.2) is 4.98 Å². The highest BCUT2D eigenvalue weighted by atomic mass is 35.5. The van der Waals surface area contributed by atoms with Crippen LogP contribution in [-0.2, 0) is 17.8 Å². The molecule has 0 atom stereocenters. The largest absolute Gasteiger partial charge is 0.317 e. The second-order valence-corrected chi connectivity index (χ2v) is 8.02. The van der Waals surface area contributed by atoms with E-state index in [-0.39, 0.29) is 5.91 Å². The van der Waals surface area contributed by atoms with Crippen molar-refractivity contribution in [3.05, 3.63) is 33.7 Å². The number of nitrogens with zero attached hydrogens (tertiary/aromatic N) is 1. The van der Waals surface area contributed by atoms with E-state index < -0.39 is 0 Å². The molecule has 0 bridgehead atoms. The molecule has 2 N–H and O–H groups in total. The summed E-state index contributed by atoms with van der Waals surface area (Å²) in [6, 6.07) is 5.76. The Morgan fingerprint density at radius 3 is 3.09 bits per heavy atom. The van der Waals surface area contributed by atoms with E-state index in [1.807, 2.05) is 18.2 Å². The SMILES string of the molecule is CC(=O)Nc1sc2c(c1-c1nc3cc(Cl)ccc3s1)CCNC2. The fourth-order valence-corrected chi connectivity index (χ4v) is 5.34. The molecule has 1 amide bonds. The molecule has 4 rings (SSSR count). The number of thiophene rings is 1. The van der Waals surface area contributed by atoms with Gasteiger partial charge in [-0.1, -0.05) is 11.6 Å². The summed E-state index contributed by atoms with van der Waals surface area (Å²) in [5.74, 6) is -0.0537. The van der Waals surface area contributed by atoms with Crippen molar-refractivity contribution in [2.45, 2.75) is 19.9 Å². The van der Waals surface area contributed by atoms with Crippen LogP contribution < -0.4 is 10.6 Å². The first-order valence-corrected chi connectivity index (χ1v) is 9.32. The van der Waals surface area contributed by atoms with Crippen LogP contribution >= 0.6 is 34.3 Å². The van der Waals surface area contributed by atoms with Gasteiger partial charge in [0.25, 0.3) is 0 Å². The van der Waals surface area contributed by atoms with Crippen molar-refractivity contribution in [2.75, 3.05) is 11.9 Å². The predicted molar refractivity (Wildman–Crippen MR) is 97.7 cm³/mol. The van der Waals surface area contributed by atoms with Crippen LogP contribution in [0.2, 0.25) is 5.02 Å². The molecule has 7 heteroatoms. The van der Waals surface area contributed by atoms with Gasteiger partial charge in [0.05, 0.1) is 10.2 Å². The van der Waals surface area contributed by atoms with Crippen LogP contribution in [0.5, 0.6) is 0 Å². The summed E-state index contributed by atoms with van der Waals surface area (Å²) in [4.78, 5) is 17.6. The van der Waals surface area contributed by atoms with Crippen LogP contribution in [0.3, 0.4) is 0 Å². The van der Waals surface area contributed by atoms with E-state index >= 15 is 0 Å². The molecule has 1 aromatic carbocycles. The van der Waals surface area contributed by atoms with E-state index in [4.69, 9.17) is 16.6 Å². The molecule has 2 aromatic heterocycles. The van der Waals surface area contributed by atoms with Gasteiger partial charge >= 0.3 is 0 Å². The Bertz CT molecular complexity index is 916. The summed E-state index contributed by atoms with van der Waals surface area (Å²) in [5.41, 5.74) is 3.29. The molecule has 0 saturated carbocycles. The first-order valence-electron chi connectivity index (χ1n) is 7.31. The summed E-state index contributed by atoms with van der Waals surface area (Å²) >= 11 is 9.36. The van der Waals surface area contributed by atoms with Crippen molar-refractivity contribution < 1.29 is 4.79 Å². The maximum absolute atomic E-state index is 11.6. The predicted octanol–water partition coefficient (Wildman–Crippen LogP) is 4.28. The van der Waals surface area contributed by atoms with Crippen LogP contribution in [0, 0.1) is 0 Å². The highest BCUT2D eigenvalue weighted by Crippen LogP contribution is 2.44. The number of rotatable bonds is 2. The van der Waals surface area contributed by atoms with E-state index in [1.165, 1.54) is 10.4 Å². The summed E-state index contributed by atoms with van der Waals surface area (Å²) in [6.07, 6.45) is 0.956. The van der Waals surface area contributed by atoms with Gasteiger partial charge in [0.1, 0.15) is 10.0 Å². The number of amides is 1. The lowest BCUT2D eigenvalue weighted by Crippen LogP contribution is -2.22. The number of aromatic nitrogens is 1. The summed E-state index contributed by atoms with van der Waals surface area (Å²) in [5, 5.41) is 8.90. The fourth-order valence-electron chi connectivity index (χ4n) is 2.82. The number of anilines is 1. The first-order chi connectivity index (χ1) is 11.1. The standard InChI is InChI=1S/C16H14ClN3OS2/c1-8(21)19-15-14(10-4-5-18-7-13(10)23-15)16-20-11-6-9(17)2-3-12(11)22-16/h2-3,6,18H,4-5,7H2,1H3,(H,19,21). The summed E-state index contributed by atoms with van der Waals surface area (Å²) in [7, 11) is 0. The molecule has 0 radical (unpaired) electrons. The fraction of sp³-hybridized carbons (Fsp3) is 0.250. The van der Waals surface area contributed by atoms with Crippen LogP contribution in [-0.4, -0.2) is 17.4 Å². The van der Waals surface area contributed by atoms with Gasteiger partial charge in [0.15, 0.2) is 0 Å². The van der Waals surface area contributed by atoms with Crippen LogP contribution in [0.1, 0.15) is 17.4 Å². The normalized spacial score (nSPS) is 14.0. The maximum atomic E-state index is 11.6. The molecule has 0 fully saturated rings. The zero-order valence-electron chi connectivity index (χ0n) is 12.4. The number of thiazole rings is 1. The highest BCUT2D eigenvalue weighted by Gasteiger charge is 2.24. The number of carbonyl (C=O) groups excluding carboxylic acids is 1. The molecular weight excluding hydrogens is 350 g/mol.